The smallest absolute Gasteiger partial charge is 0.318 e. The number of nitrogen functional groups attached to an aromatic ring is 1. The van der Waals surface area contributed by atoms with Gasteiger partial charge in [0.1, 0.15) is 30.3 Å². The zero-order valence-electron chi connectivity index (χ0n) is 23.0. The van der Waals surface area contributed by atoms with Crippen LogP contribution in [0.1, 0.15) is 72.9 Å². The van der Waals surface area contributed by atoms with E-state index in [-0.39, 0.29) is 17.6 Å². The molecule has 4 heterocycles. The number of benzene rings is 1. The number of aromatic nitrogens is 2. The number of aryl methyl sites for hydroxylation is 1. The Kier molecular flexibility index (Phi) is 6.18. The van der Waals surface area contributed by atoms with Crippen molar-refractivity contribution in [3.05, 3.63) is 40.1 Å². The highest BCUT2D eigenvalue weighted by atomic mass is 19.1. The largest absolute Gasteiger partial charge is 0.461 e. The Labute approximate surface area is 234 Å². The summed E-state index contributed by atoms with van der Waals surface area (Å²) in [4.78, 5) is 14.1. The molecule has 1 saturated carbocycles. The molecule has 5 atom stereocenters. The number of likely N-dealkylation sites (N-methyl/N-ethyl adjacent to an activating group) is 1. The summed E-state index contributed by atoms with van der Waals surface area (Å²) in [5.41, 5.74) is 9.92. The number of ether oxygens (including phenoxy) is 2. The molecule has 0 amide bonds. The van der Waals surface area contributed by atoms with Crippen LogP contribution in [-0.2, 0) is 29.8 Å². The van der Waals surface area contributed by atoms with E-state index in [1.807, 2.05) is 24.1 Å². The first kappa shape index (κ1) is 25.9. The van der Waals surface area contributed by atoms with Crippen LogP contribution < -0.4 is 15.4 Å². The van der Waals surface area contributed by atoms with Crippen molar-refractivity contribution in [1.29, 1.82) is 5.26 Å². The molecule has 1 spiro atoms. The molecule has 9 nitrogen and oxygen atoms in total. The number of halogens is 1. The highest BCUT2D eigenvalue weighted by molar-refractivity contribution is 5.63. The SMILES string of the molecule is CN(c1nc(OCC23CCCN2CC(F)C3)nc2c1COC1(CCCc3ccc(N)c(C#N)c31)C2)C1CCC1O. The fraction of sp³-hybridized carbons (Fsp3) is 0.633. The van der Waals surface area contributed by atoms with Crippen LogP contribution >= 0.6 is 0 Å². The van der Waals surface area contributed by atoms with E-state index < -0.39 is 17.9 Å². The topological polar surface area (TPSA) is 121 Å². The molecule has 0 radical (unpaired) electrons. The quantitative estimate of drug-likeness (QED) is 0.543. The number of hydrogen-bond acceptors (Lipinski definition) is 9. The lowest BCUT2D eigenvalue weighted by Gasteiger charge is -2.45. The van der Waals surface area contributed by atoms with Crippen molar-refractivity contribution in [3.63, 3.8) is 0 Å². The van der Waals surface area contributed by atoms with Crippen molar-refractivity contribution in [2.24, 2.45) is 0 Å². The summed E-state index contributed by atoms with van der Waals surface area (Å²) < 4.78 is 27.4. The molecule has 5 unspecified atom stereocenters. The minimum atomic E-state index is -0.833. The van der Waals surface area contributed by atoms with Crippen LogP contribution in [0.4, 0.5) is 15.9 Å². The second-order valence-corrected chi connectivity index (χ2v) is 12.4. The van der Waals surface area contributed by atoms with Crippen LogP contribution in [0.25, 0.3) is 0 Å². The third-order valence-electron chi connectivity index (χ3n) is 10.2. The first-order chi connectivity index (χ1) is 19.3. The molecule has 7 rings (SSSR count). The van der Waals surface area contributed by atoms with E-state index >= 15 is 0 Å². The van der Waals surface area contributed by atoms with Crippen molar-refractivity contribution in [3.8, 4) is 12.1 Å². The molecule has 0 bridgehead atoms. The normalized spacial score (nSPS) is 32.6. The summed E-state index contributed by atoms with van der Waals surface area (Å²) in [6, 6.07) is 6.41. The lowest BCUT2D eigenvalue weighted by atomic mass is 9.72. The van der Waals surface area contributed by atoms with Crippen molar-refractivity contribution in [1.82, 2.24) is 14.9 Å². The maximum Gasteiger partial charge on any atom is 0.318 e. The molecule has 1 aromatic carbocycles. The Bertz CT molecular complexity index is 1380. The van der Waals surface area contributed by atoms with Gasteiger partial charge in [-0.05, 0) is 63.1 Å². The number of nitriles is 1. The molecule has 2 saturated heterocycles. The Balaban J connectivity index is 1.27. The van der Waals surface area contributed by atoms with Gasteiger partial charge in [0.2, 0.25) is 0 Å². The summed E-state index contributed by atoms with van der Waals surface area (Å²) in [6.45, 7) is 2.00. The van der Waals surface area contributed by atoms with E-state index in [9.17, 15) is 14.8 Å². The van der Waals surface area contributed by atoms with Gasteiger partial charge in [0.15, 0.2) is 0 Å². The lowest BCUT2D eigenvalue weighted by molar-refractivity contribution is -0.0857. The van der Waals surface area contributed by atoms with Gasteiger partial charge in [-0.1, -0.05) is 6.07 Å². The van der Waals surface area contributed by atoms with Crippen LogP contribution in [0, 0.1) is 11.3 Å². The molecular weight excluding hydrogens is 511 g/mol. The second kappa shape index (κ2) is 9.54. The van der Waals surface area contributed by atoms with Gasteiger partial charge < -0.3 is 25.2 Å². The minimum Gasteiger partial charge on any atom is -0.461 e. The molecular formula is C30H37FN6O3. The Morgan fingerprint density at radius 1 is 1.30 bits per heavy atom. The van der Waals surface area contributed by atoms with Crippen LogP contribution in [0.15, 0.2) is 12.1 Å². The standard InChI is InChI=1S/C30H37FN6O3/c1-36(24-7-8-25(24)38)27-21-16-40-30(10-2-4-18-5-6-22(33)20(14-32)26(18)30)13-23(21)34-28(35-27)39-17-29-9-3-11-37(29)15-19(31)12-29/h5-6,19,24-25,38H,2-4,7-13,15-17,33H2,1H3. The minimum absolute atomic E-state index is 0.0332. The van der Waals surface area contributed by atoms with E-state index in [1.54, 1.807) is 0 Å². The molecule has 212 valence electrons. The van der Waals surface area contributed by atoms with Gasteiger partial charge in [-0.3, -0.25) is 4.90 Å². The molecule has 2 aliphatic carbocycles. The first-order valence-electron chi connectivity index (χ1n) is 14.6. The molecule has 2 aromatic rings. The highest BCUT2D eigenvalue weighted by Gasteiger charge is 2.50. The van der Waals surface area contributed by atoms with Gasteiger partial charge in [0.05, 0.1) is 35.5 Å². The zero-order chi connectivity index (χ0) is 27.6. The van der Waals surface area contributed by atoms with E-state index in [4.69, 9.17) is 25.2 Å². The monoisotopic (exact) mass is 548 g/mol. The summed E-state index contributed by atoms with van der Waals surface area (Å²) in [5, 5.41) is 20.5. The predicted molar refractivity (Wildman–Crippen MR) is 147 cm³/mol. The van der Waals surface area contributed by atoms with E-state index in [2.05, 4.69) is 11.0 Å². The van der Waals surface area contributed by atoms with Crippen molar-refractivity contribution in [2.45, 2.75) is 93.9 Å². The number of fused-ring (bicyclic) bond motifs is 4. The maximum absolute atomic E-state index is 14.4. The number of anilines is 2. The van der Waals surface area contributed by atoms with Gasteiger partial charge in [-0.15, -0.1) is 0 Å². The number of aliphatic hydroxyl groups is 1. The molecule has 3 fully saturated rings. The molecule has 10 heteroatoms. The van der Waals surface area contributed by atoms with Crippen LogP contribution in [0.3, 0.4) is 0 Å². The third-order valence-corrected chi connectivity index (χ3v) is 10.2. The number of aliphatic hydroxyl groups excluding tert-OH is 1. The Hall–Kier alpha value is -3.00. The Morgan fingerprint density at radius 2 is 2.17 bits per heavy atom. The molecule has 40 heavy (non-hydrogen) atoms. The highest BCUT2D eigenvalue weighted by Crippen LogP contribution is 2.48. The first-order valence-corrected chi connectivity index (χ1v) is 14.6. The average molecular weight is 549 g/mol. The number of nitrogens with zero attached hydrogens (tertiary/aromatic N) is 5. The molecule has 3 N–H and O–H groups in total. The van der Waals surface area contributed by atoms with Crippen molar-refractivity contribution >= 4 is 11.5 Å². The van der Waals surface area contributed by atoms with Crippen LogP contribution in [0.5, 0.6) is 6.01 Å². The van der Waals surface area contributed by atoms with E-state index in [1.165, 1.54) is 0 Å². The summed E-state index contributed by atoms with van der Waals surface area (Å²) in [5.74, 6) is 0.707. The Morgan fingerprint density at radius 3 is 2.95 bits per heavy atom. The van der Waals surface area contributed by atoms with Gasteiger partial charge in [0.25, 0.3) is 0 Å². The number of alkyl halides is 1. The lowest BCUT2D eigenvalue weighted by Crippen LogP contribution is -2.50. The summed E-state index contributed by atoms with van der Waals surface area (Å²) in [7, 11) is 1.95. The van der Waals surface area contributed by atoms with Crippen LogP contribution in [0.2, 0.25) is 0 Å². The van der Waals surface area contributed by atoms with E-state index in [0.717, 1.165) is 73.9 Å². The van der Waals surface area contributed by atoms with Crippen molar-refractivity contribution in [2.75, 3.05) is 37.4 Å². The second-order valence-electron chi connectivity index (χ2n) is 12.4. The van der Waals surface area contributed by atoms with Gasteiger partial charge in [-0.25, -0.2) is 4.39 Å². The number of hydrogen-bond donors (Lipinski definition) is 2. The molecule has 3 aliphatic heterocycles. The molecule has 5 aliphatic rings. The fourth-order valence-corrected chi connectivity index (χ4v) is 7.92. The fourth-order valence-electron chi connectivity index (χ4n) is 7.92. The summed E-state index contributed by atoms with van der Waals surface area (Å²) >= 11 is 0. The van der Waals surface area contributed by atoms with Crippen molar-refractivity contribution < 1.29 is 19.0 Å². The summed E-state index contributed by atoms with van der Waals surface area (Å²) in [6.07, 6.45) is 5.89. The van der Waals surface area contributed by atoms with Gasteiger partial charge in [-0.2, -0.15) is 15.2 Å². The molecule has 1 aromatic heterocycles. The van der Waals surface area contributed by atoms with Gasteiger partial charge in [0, 0.05) is 43.2 Å². The average Bonchev–Trinajstić information content (AvgIpc) is 3.46. The number of nitrogens with two attached hydrogens (primary N) is 1. The zero-order valence-corrected chi connectivity index (χ0v) is 23.0. The van der Waals surface area contributed by atoms with E-state index in [0.29, 0.717) is 49.7 Å². The maximum atomic E-state index is 14.4. The van der Waals surface area contributed by atoms with Gasteiger partial charge >= 0.3 is 6.01 Å². The third kappa shape index (κ3) is 3.97. The number of rotatable bonds is 5. The van der Waals surface area contributed by atoms with Crippen LogP contribution in [-0.4, -0.2) is 70.6 Å². The predicted octanol–water partition coefficient (Wildman–Crippen LogP) is 3.15.